The molecule has 0 bridgehead atoms. The molecule has 4 rings (SSSR count). The van der Waals surface area contributed by atoms with Crippen LogP contribution in [0, 0.1) is 0 Å². The molecule has 0 aromatic heterocycles. The van der Waals surface area contributed by atoms with E-state index in [0.29, 0.717) is 12.8 Å². The Hall–Kier alpha value is -2.12. The van der Waals surface area contributed by atoms with E-state index in [1.807, 2.05) is 60.7 Å². The minimum absolute atomic E-state index is 0. The number of primary amides is 1. The largest absolute Gasteiger partial charge is 0.388 e. The van der Waals surface area contributed by atoms with Crippen molar-refractivity contribution in [2.75, 3.05) is 0 Å². The number of carbonyl (C=O) groups is 1. The lowest BCUT2D eigenvalue weighted by atomic mass is 9.87. The van der Waals surface area contributed by atoms with E-state index in [0.717, 1.165) is 49.7 Å². The number of carbonyl (C=O) groups excluding carboxylic acids is 1. The van der Waals surface area contributed by atoms with Crippen molar-refractivity contribution in [3.05, 3.63) is 71.8 Å². The highest BCUT2D eigenvalue weighted by molar-refractivity contribution is 5.85. The van der Waals surface area contributed by atoms with Crippen LogP contribution in [0.15, 0.2) is 60.7 Å². The first-order valence-electron chi connectivity index (χ1n) is 11.2. The molecule has 0 radical (unpaired) electrons. The van der Waals surface area contributed by atoms with Crippen molar-refractivity contribution < 1.29 is 15.0 Å². The van der Waals surface area contributed by atoms with Gasteiger partial charge in [0, 0.05) is 0 Å². The van der Waals surface area contributed by atoms with E-state index in [4.69, 9.17) is 11.5 Å². The van der Waals surface area contributed by atoms with Crippen molar-refractivity contribution in [1.29, 1.82) is 0 Å². The molecular formula is C25H36ClN3O3. The number of urea groups is 1. The molecule has 2 amide bonds. The standard InChI is InChI=1S/C13H18N2O2.C12H17NO.ClH/c14-12(16)15-11(10-6-2-1-3-7-10)13(17)8-4-5-9-13;13-11(10-6-2-1-3-7-10)12(14)8-4-5-9-12;/h1-3,6-7,11,17H,4-5,8-9H2,(H3,14,15,16);1-3,6-7,11,14H,4-5,8-9,13H2;1H. The summed E-state index contributed by atoms with van der Waals surface area (Å²) in [5.74, 6) is 0. The second-order valence-corrected chi connectivity index (χ2v) is 8.86. The number of halogens is 1. The predicted molar refractivity (Wildman–Crippen MR) is 129 cm³/mol. The molecule has 0 heterocycles. The molecule has 2 aromatic rings. The van der Waals surface area contributed by atoms with Crippen LogP contribution in [0.3, 0.4) is 0 Å². The van der Waals surface area contributed by atoms with Crippen LogP contribution in [0.25, 0.3) is 0 Å². The number of hydrogen-bond donors (Lipinski definition) is 5. The van der Waals surface area contributed by atoms with Gasteiger partial charge in [-0.1, -0.05) is 86.3 Å². The quantitative estimate of drug-likeness (QED) is 0.459. The van der Waals surface area contributed by atoms with Crippen LogP contribution in [0.5, 0.6) is 0 Å². The molecular weight excluding hydrogens is 426 g/mol. The third kappa shape index (κ3) is 6.45. The minimum Gasteiger partial charge on any atom is -0.388 e. The van der Waals surface area contributed by atoms with E-state index in [1.165, 1.54) is 0 Å². The molecule has 0 saturated heterocycles. The van der Waals surface area contributed by atoms with Gasteiger partial charge in [0.1, 0.15) is 0 Å². The van der Waals surface area contributed by atoms with Gasteiger partial charge >= 0.3 is 6.03 Å². The zero-order chi connectivity index (χ0) is 22.3. The highest BCUT2D eigenvalue weighted by Crippen LogP contribution is 2.40. The molecule has 0 spiro atoms. The summed E-state index contributed by atoms with van der Waals surface area (Å²) in [7, 11) is 0. The monoisotopic (exact) mass is 461 g/mol. The van der Waals surface area contributed by atoms with Gasteiger partial charge in [0.05, 0.1) is 23.3 Å². The Morgan fingerprint density at radius 1 is 0.781 bits per heavy atom. The highest BCUT2D eigenvalue weighted by atomic mass is 35.5. The van der Waals surface area contributed by atoms with E-state index in [9.17, 15) is 15.0 Å². The lowest BCUT2D eigenvalue weighted by molar-refractivity contribution is 0.0111. The molecule has 6 nitrogen and oxygen atoms in total. The minimum atomic E-state index is -0.865. The Morgan fingerprint density at radius 3 is 1.62 bits per heavy atom. The zero-order valence-electron chi connectivity index (χ0n) is 18.5. The lowest BCUT2D eigenvalue weighted by Gasteiger charge is -2.33. The van der Waals surface area contributed by atoms with Crippen LogP contribution in [0.1, 0.15) is 74.6 Å². The molecule has 32 heavy (non-hydrogen) atoms. The molecule has 2 aliphatic carbocycles. The van der Waals surface area contributed by atoms with Crippen LogP contribution in [-0.2, 0) is 0 Å². The maximum Gasteiger partial charge on any atom is 0.312 e. The number of rotatable bonds is 5. The summed E-state index contributed by atoms with van der Waals surface area (Å²) in [4.78, 5) is 11.1. The van der Waals surface area contributed by atoms with Gasteiger partial charge in [0.2, 0.25) is 0 Å². The zero-order valence-corrected chi connectivity index (χ0v) is 19.3. The average Bonchev–Trinajstić information content (AvgIpc) is 3.43. The molecule has 2 atom stereocenters. The molecule has 7 heteroatoms. The number of nitrogens with two attached hydrogens (primary N) is 2. The number of hydrogen-bond acceptors (Lipinski definition) is 4. The van der Waals surface area contributed by atoms with Gasteiger partial charge < -0.3 is 27.0 Å². The number of aliphatic hydroxyl groups is 2. The predicted octanol–water partition coefficient (Wildman–Crippen LogP) is 4.11. The maximum atomic E-state index is 11.1. The van der Waals surface area contributed by atoms with Crippen LogP contribution in [0.2, 0.25) is 0 Å². The first kappa shape index (κ1) is 26.1. The second-order valence-electron chi connectivity index (χ2n) is 8.86. The van der Waals surface area contributed by atoms with E-state index < -0.39 is 23.3 Å². The van der Waals surface area contributed by atoms with Crippen LogP contribution >= 0.6 is 12.4 Å². The van der Waals surface area contributed by atoms with Gasteiger partial charge in [-0.15, -0.1) is 12.4 Å². The fourth-order valence-electron chi connectivity index (χ4n) is 4.86. The van der Waals surface area contributed by atoms with Crippen molar-refractivity contribution in [2.24, 2.45) is 11.5 Å². The summed E-state index contributed by atoms with van der Waals surface area (Å²) < 4.78 is 0. The Morgan fingerprint density at radius 2 is 1.19 bits per heavy atom. The van der Waals surface area contributed by atoms with Gasteiger partial charge in [-0.05, 0) is 36.8 Å². The van der Waals surface area contributed by atoms with Gasteiger partial charge in [0.15, 0.2) is 0 Å². The lowest BCUT2D eigenvalue weighted by Crippen LogP contribution is -2.46. The molecule has 2 aliphatic rings. The normalized spacial score (nSPS) is 20.2. The van der Waals surface area contributed by atoms with Crippen molar-refractivity contribution in [2.45, 2.75) is 74.7 Å². The summed E-state index contributed by atoms with van der Waals surface area (Å²) in [6.07, 6.45) is 7.24. The van der Waals surface area contributed by atoms with Crippen molar-refractivity contribution in [1.82, 2.24) is 5.32 Å². The van der Waals surface area contributed by atoms with Gasteiger partial charge in [-0.3, -0.25) is 0 Å². The Bertz CT molecular complexity index is 823. The molecule has 2 saturated carbocycles. The molecule has 2 fully saturated rings. The molecule has 2 unspecified atom stereocenters. The van der Waals surface area contributed by atoms with Gasteiger partial charge in [-0.2, -0.15) is 0 Å². The third-order valence-electron chi connectivity index (χ3n) is 6.63. The number of nitrogens with one attached hydrogen (secondary N) is 1. The fourth-order valence-corrected chi connectivity index (χ4v) is 4.86. The van der Waals surface area contributed by atoms with Gasteiger partial charge in [0.25, 0.3) is 0 Å². The second kappa shape index (κ2) is 11.7. The molecule has 7 N–H and O–H groups in total. The maximum absolute atomic E-state index is 11.1. The smallest absolute Gasteiger partial charge is 0.312 e. The molecule has 176 valence electrons. The van der Waals surface area contributed by atoms with E-state index in [-0.39, 0.29) is 18.4 Å². The summed E-state index contributed by atoms with van der Waals surface area (Å²) in [6.45, 7) is 0. The molecule has 0 aliphatic heterocycles. The average molecular weight is 462 g/mol. The Kier molecular flexibility index (Phi) is 9.52. The first-order chi connectivity index (χ1) is 14.8. The summed E-state index contributed by atoms with van der Waals surface area (Å²) >= 11 is 0. The van der Waals surface area contributed by atoms with Crippen molar-refractivity contribution >= 4 is 18.4 Å². The Labute approximate surface area is 196 Å². The topological polar surface area (TPSA) is 122 Å². The van der Waals surface area contributed by atoms with Gasteiger partial charge in [-0.25, -0.2) is 4.79 Å². The van der Waals surface area contributed by atoms with Crippen molar-refractivity contribution in [3.63, 3.8) is 0 Å². The SMILES string of the molecule is Cl.NC(=O)NC(c1ccccc1)C1(O)CCCC1.NC(c1ccccc1)C1(O)CCCC1. The third-order valence-corrected chi connectivity index (χ3v) is 6.63. The summed E-state index contributed by atoms with van der Waals surface area (Å²) in [5, 5.41) is 23.5. The van der Waals surface area contributed by atoms with E-state index >= 15 is 0 Å². The first-order valence-corrected chi connectivity index (χ1v) is 11.2. The molecule has 2 aromatic carbocycles. The van der Waals surface area contributed by atoms with Crippen LogP contribution in [0.4, 0.5) is 4.79 Å². The number of benzene rings is 2. The summed E-state index contributed by atoms with van der Waals surface area (Å²) in [5.41, 5.74) is 11.7. The fraction of sp³-hybridized carbons (Fsp3) is 0.480. The van der Waals surface area contributed by atoms with E-state index in [1.54, 1.807) is 0 Å². The van der Waals surface area contributed by atoms with Crippen LogP contribution in [-0.4, -0.2) is 27.4 Å². The summed E-state index contributed by atoms with van der Waals surface area (Å²) in [6, 6.07) is 18.1. The van der Waals surface area contributed by atoms with Crippen LogP contribution < -0.4 is 16.8 Å². The number of amides is 2. The Balaban J connectivity index is 0.000000224. The van der Waals surface area contributed by atoms with E-state index in [2.05, 4.69) is 5.32 Å². The highest BCUT2D eigenvalue weighted by Gasteiger charge is 2.41. The van der Waals surface area contributed by atoms with Crippen molar-refractivity contribution in [3.8, 4) is 0 Å².